The number of nitrogens with zero attached hydrogens (tertiary/aromatic N) is 1. The number of allylic oxidation sites excluding steroid dienone is 1. The van der Waals surface area contributed by atoms with E-state index in [2.05, 4.69) is 33.2 Å². The largest absolute Gasteiger partial charge is 0.473 e. The summed E-state index contributed by atoms with van der Waals surface area (Å²) in [6.07, 6.45) is 5.67. The number of aromatic nitrogens is 1. The van der Waals surface area contributed by atoms with E-state index in [-0.39, 0.29) is 0 Å². The molecule has 0 aromatic carbocycles. The topological polar surface area (TPSA) is 34.1 Å². The van der Waals surface area contributed by atoms with E-state index in [1.54, 1.807) is 6.20 Å². The third kappa shape index (κ3) is 4.33. The Bertz CT molecular complexity index is 353. The van der Waals surface area contributed by atoms with Gasteiger partial charge in [0.1, 0.15) is 6.61 Å². The van der Waals surface area contributed by atoms with Crippen molar-refractivity contribution in [3.8, 4) is 5.88 Å². The number of hydrogen-bond acceptors (Lipinski definition) is 3. The summed E-state index contributed by atoms with van der Waals surface area (Å²) in [6, 6.07) is 2.03. The van der Waals surface area contributed by atoms with Gasteiger partial charge >= 0.3 is 0 Å². The third-order valence-corrected chi connectivity index (χ3v) is 2.44. The minimum atomic E-state index is 0.560. The smallest absolute Gasteiger partial charge is 0.218 e. The summed E-state index contributed by atoms with van der Waals surface area (Å²) in [4.78, 5) is 4.26. The van der Waals surface area contributed by atoms with Crippen LogP contribution >= 0.6 is 15.9 Å². The van der Waals surface area contributed by atoms with Crippen LogP contribution < -0.4 is 10.1 Å². The van der Waals surface area contributed by atoms with Crippen molar-refractivity contribution in [1.29, 1.82) is 0 Å². The number of pyridine rings is 1. The first-order valence-electron chi connectivity index (χ1n) is 5.37. The number of rotatable bonds is 6. The molecule has 1 N–H and O–H groups in total. The van der Waals surface area contributed by atoms with Crippen LogP contribution in [0.5, 0.6) is 5.88 Å². The van der Waals surface area contributed by atoms with Crippen molar-refractivity contribution in [2.24, 2.45) is 0 Å². The highest BCUT2D eigenvalue weighted by molar-refractivity contribution is 9.10. The van der Waals surface area contributed by atoms with Crippen LogP contribution in [0.4, 0.5) is 0 Å². The summed E-state index contributed by atoms with van der Waals surface area (Å²) in [6.45, 7) is 6.31. The van der Waals surface area contributed by atoms with E-state index in [1.165, 1.54) is 0 Å². The van der Waals surface area contributed by atoms with Crippen molar-refractivity contribution in [3.05, 3.63) is 34.5 Å². The van der Waals surface area contributed by atoms with Gasteiger partial charge in [0.05, 0.1) is 0 Å². The fraction of sp³-hybridized carbons (Fsp3) is 0.417. The fourth-order valence-corrected chi connectivity index (χ4v) is 1.59. The second-order valence-corrected chi connectivity index (χ2v) is 4.19. The maximum Gasteiger partial charge on any atom is 0.218 e. The molecule has 0 aliphatic rings. The molecule has 0 fully saturated rings. The highest BCUT2D eigenvalue weighted by Crippen LogP contribution is 2.19. The van der Waals surface area contributed by atoms with Crippen molar-refractivity contribution in [2.75, 3.05) is 13.2 Å². The molecule has 0 saturated heterocycles. The maximum absolute atomic E-state index is 5.57. The molecule has 1 heterocycles. The molecule has 0 atom stereocenters. The molecule has 0 aliphatic heterocycles. The lowest BCUT2D eigenvalue weighted by Crippen LogP contribution is -2.13. The Balaban J connectivity index is 2.72. The highest BCUT2D eigenvalue weighted by atomic mass is 79.9. The predicted octanol–water partition coefficient (Wildman–Crippen LogP) is 2.91. The lowest BCUT2D eigenvalue weighted by molar-refractivity contribution is 0.342. The van der Waals surface area contributed by atoms with Crippen LogP contribution in [-0.4, -0.2) is 18.1 Å². The van der Waals surface area contributed by atoms with Gasteiger partial charge in [0.2, 0.25) is 5.88 Å². The SMILES string of the molecule is CC=CCOc1ncc(Br)cc1CNCC. The van der Waals surface area contributed by atoms with Gasteiger partial charge in [0.15, 0.2) is 0 Å². The average Bonchev–Trinajstić information content (AvgIpc) is 2.29. The minimum Gasteiger partial charge on any atom is -0.473 e. The molecule has 0 amide bonds. The average molecular weight is 285 g/mol. The molecule has 1 rings (SSSR count). The number of halogens is 1. The van der Waals surface area contributed by atoms with Crippen LogP contribution in [0.3, 0.4) is 0 Å². The minimum absolute atomic E-state index is 0.560. The van der Waals surface area contributed by atoms with Crippen LogP contribution in [0.1, 0.15) is 19.4 Å². The Morgan fingerprint density at radius 2 is 2.38 bits per heavy atom. The first kappa shape index (κ1) is 13.2. The standard InChI is InChI=1S/C12H17BrN2O/c1-3-5-6-16-12-10(8-14-4-2)7-11(13)9-15-12/h3,5,7,9,14H,4,6,8H2,1-2H3. The zero-order valence-corrected chi connectivity index (χ0v) is 11.3. The molecule has 0 aliphatic carbocycles. The molecular formula is C12H17BrN2O. The summed E-state index contributed by atoms with van der Waals surface area (Å²) < 4.78 is 6.54. The van der Waals surface area contributed by atoms with Gasteiger partial charge in [0, 0.05) is 22.8 Å². The Hall–Kier alpha value is -0.870. The Morgan fingerprint density at radius 3 is 3.06 bits per heavy atom. The molecule has 0 saturated carbocycles. The van der Waals surface area contributed by atoms with Crippen molar-refractivity contribution in [3.63, 3.8) is 0 Å². The molecular weight excluding hydrogens is 268 g/mol. The third-order valence-electron chi connectivity index (χ3n) is 2.01. The van der Waals surface area contributed by atoms with Crippen molar-refractivity contribution >= 4 is 15.9 Å². The van der Waals surface area contributed by atoms with Crippen LogP contribution in [0, 0.1) is 0 Å². The Labute approximate surface area is 105 Å². The van der Waals surface area contributed by atoms with Gasteiger partial charge in [-0.3, -0.25) is 0 Å². The van der Waals surface area contributed by atoms with E-state index < -0.39 is 0 Å². The van der Waals surface area contributed by atoms with E-state index in [4.69, 9.17) is 4.74 Å². The maximum atomic E-state index is 5.57. The highest BCUT2D eigenvalue weighted by Gasteiger charge is 2.05. The molecule has 1 aromatic rings. The van der Waals surface area contributed by atoms with Crippen LogP contribution in [-0.2, 0) is 6.54 Å². The van der Waals surface area contributed by atoms with Gasteiger partial charge in [-0.25, -0.2) is 4.98 Å². The summed E-state index contributed by atoms with van der Waals surface area (Å²) in [5.41, 5.74) is 1.07. The zero-order chi connectivity index (χ0) is 11.8. The quantitative estimate of drug-likeness (QED) is 0.816. The van der Waals surface area contributed by atoms with Crippen molar-refractivity contribution in [2.45, 2.75) is 20.4 Å². The van der Waals surface area contributed by atoms with E-state index in [0.717, 1.165) is 23.1 Å². The molecule has 4 heteroatoms. The summed E-state index contributed by atoms with van der Waals surface area (Å²) >= 11 is 3.41. The van der Waals surface area contributed by atoms with Gasteiger partial charge < -0.3 is 10.1 Å². The molecule has 0 radical (unpaired) electrons. The first-order valence-corrected chi connectivity index (χ1v) is 6.16. The molecule has 16 heavy (non-hydrogen) atoms. The monoisotopic (exact) mass is 284 g/mol. The number of ether oxygens (including phenoxy) is 1. The molecule has 0 unspecified atom stereocenters. The molecule has 0 spiro atoms. The van der Waals surface area contributed by atoms with Crippen molar-refractivity contribution < 1.29 is 4.74 Å². The van der Waals surface area contributed by atoms with E-state index >= 15 is 0 Å². The number of nitrogens with one attached hydrogen (secondary N) is 1. The zero-order valence-electron chi connectivity index (χ0n) is 9.66. The molecule has 3 nitrogen and oxygen atoms in total. The van der Waals surface area contributed by atoms with Gasteiger partial charge in [-0.2, -0.15) is 0 Å². The van der Waals surface area contributed by atoms with Gasteiger partial charge in [-0.05, 0) is 35.5 Å². The summed E-state index contributed by atoms with van der Waals surface area (Å²) in [7, 11) is 0. The van der Waals surface area contributed by atoms with Gasteiger partial charge in [-0.1, -0.05) is 19.1 Å². The second kappa shape index (κ2) is 7.41. The summed E-state index contributed by atoms with van der Waals surface area (Å²) in [5, 5.41) is 3.26. The molecule has 88 valence electrons. The lowest BCUT2D eigenvalue weighted by atomic mass is 10.2. The van der Waals surface area contributed by atoms with E-state index in [1.807, 2.05) is 25.1 Å². The van der Waals surface area contributed by atoms with Crippen LogP contribution in [0.15, 0.2) is 28.9 Å². The van der Waals surface area contributed by atoms with Crippen LogP contribution in [0.2, 0.25) is 0 Å². The van der Waals surface area contributed by atoms with E-state index in [9.17, 15) is 0 Å². The van der Waals surface area contributed by atoms with Crippen LogP contribution in [0.25, 0.3) is 0 Å². The van der Waals surface area contributed by atoms with E-state index in [0.29, 0.717) is 12.5 Å². The van der Waals surface area contributed by atoms with Gasteiger partial charge in [0.25, 0.3) is 0 Å². The first-order chi connectivity index (χ1) is 7.77. The van der Waals surface area contributed by atoms with Gasteiger partial charge in [-0.15, -0.1) is 0 Å². The predicted molar refractivity (Wildman–Crippen MR) is 69.6 cm³/mol. The Kier molecular flexibility index (Phi) is 6.11. The Morgan fingerprint density at radius 1 is 1.56 bits per heavy atom. The second-order valence-electron chi connectivity index (χ2n) is 3.28. The number of hydrogen-bond donors (Lipinski definition) is 1. The molecule has 0 bridgehead atoms. The lowest BCUT2D eigenvalue weighted by Gasteiger charge is -2.09. The fourth-order valence-electron chi connectivity index (χ4n) is 1.21. The normalized spacial score (nSPS) is 10.9. The summed E-state index contributed by atoms with van der Waals surface area (Å²) in [5.74, 6) is 0.697. The molecule has 1 aromatic heterocycles. The van der Waals surface area contributed by atoms with Crippen molar-refractivity contribution in [1.82, 2.24) is 10.3 Å².